The average Bonchev–Trinajstić information content (AvgIpc) is 2.88. The predicted octanol–water partition coefficient (Wildman–Crippen LogP) is 6.40. The van der Waals surface area contributed by atoms with E-state index in [1.54, 1.807) is 0 Å². The lowest BCUT2D eigenvalue weighted by atomic mass is 10.1. The van der Waals surface area contributed by atoms with Crippen LogP contribution in [0.15, 0.2) is 0 Å². The number of nitrogens with zero attached hydrogens (tertiary/aromatic N) is 2. The molecule has 0 atom stereocenters. The van der Waals surface area contributed by atoms with Crippen molar-refractivity contribution in [2.24, 2.45) is 0 Å². The Morgan fingerprint density at radius 2 is 1.19 bits per heavy atom. The fourth-order valence-electron chi connectivity index (χ4n) is 4.12. The Balaban J connectivity index is 4.20. The highest BCUT2D eigenvalue weighted by atomic mass is 16.6. The second-order valence-corrected chi connectivity index (χ2v) is 9.74. The maximum absolute atomic E-state index is 12.7. The molecule has 0 rings (SSSR count). The molecule has 1 N–H and O–H groups in total. The number of hydrogen-bond acceptors (Lipinski definition) is 6. The lowest BCUT2D eigenvalue weighted by molar-refractivity contribution is -0.143. The molecule has 214 valence electrons. The van der Waals surface area contributed by atoms with Crippen molar-refractivity contribution >= 4 is 12.1 Å². The summed E-state index contributed by atoms with van der Waals surface area (Å²) >= 11 is 0. The largest absolute Gasteiger partial charge is 0.466 e. The molecular formula is C29H59N3O4. The monoisotopic (exact) mass is 513 g/mol. The topological polar surface area (TPSA) is 71.1 Å². The molecule has 36 heavy (non-hydrogen) atoms. The zero-order valence-corrected chi connectivity index (χ0v) is 24.3. The Morgan fingerprint density at radius 1 is 0.611 bits per heavy atom. The Morgan fingerprint density at radius 3 is 1.83 bits per heavy atom. The first-order chi connectivity index (χ1) is 17.6. The van der Waals surface area contributed by atoms with E-state index >= 15 is 0 Å². The summed E-state index contributed by atoms with van der Waals surface area (Å²) < 4.78 is 10.9. The van der Waals surface area contributed by atoms with Gasteiger partial charge in [-0.15, -0.1) is 0 Å². The summed E-state index contributed by atoms with van der Waals surface area (Å²) in [5.74, 6) is -0.119. The summed E-state index contributed by atoms with van der Waals surface area (Å²) in [5, 5.41) is 3.36. The van der Waals surface area contributed by atoms with Crippen LogP contribution >= 0.6 is 0 Å². The lowest BCUT2D eigenvalue weighted by Crippen LogP contribution is -2.36. The van der Waals surface area contributed by atoms with Gasteiger partial charge in [-0.2, -0.15) is 0 Å². The summed E-state index contributed by atoms with van der Waals surface area (Å²) in [6.07, 6.45) is 14.6. The number of hydrogen-bond donors (Lipinski definition) is 1. The van der Waals surface area contributed by atoms with Crippen molar-refractivity contribution in [3.8, 4) is 0 Å². The second-order valence-electron chi connectivity index (χ2n) is 9.74. The second kappa shape index (κ2) is 26.7. The third kappa shape index (κ3) is 21.9. The highest BCUT2D eigenvalue weighted by Crippen LogP contribution is 2.09. The van der Waals surface area contributed by atoms with Crippen molar-refractivity contribution in [2.45, 2.75) is 118 Å². The van der Waals surface area contributed by atoms with E-state index in [4.69, 9.17) is 9.47 Å². The molecule has 7 heteroatoms. The van der Waals surface area contributed by atoms with Gasteiger partial charge >= 0.3 is 12.1 Å². The molecule has 0 aliphatic heterocycles. The van der Waals surface area contributed by atoms with E-state index in [9.17, 15) is 9.59 Å². The van der Waals surface area contributed by atoms with Crippen LogP contribution in [0.3, 0.4) is 0 Å². The molecule has 0 unspecified atom stereocenters. The highest BCUT2D eigenvalue weighted by molar-refractivity contribution is 5.69. The van der Waals surface area contributed by atoms with E-state index in [0.29, 0.717) is 32.7 Å². The molecule has 0 aliphatic carbocycles. The number of rotatable bonds is 26. The first kappa shape index (κ1) is 34.7. The normalized spacial score (nSPS) is 11.1. The molecule has 0 spiro atoms. The zero-order valence-electron chi connectivity index (χ0n) is 24.3. The molecule has 0 aromatic carbocycles. The van der Waals surface area contributed by atoms with Crippen LogP contribution in [0.4, 0.5) is 4.79 Å². The van der Waals surface area contributed by atoms with Gasteiger partial charge in [-0.05, 0) is 38.8 Å². The van der Waals surface area contributed by atoms with Gasteiger partial charge in [-0.25, -0.2) is 4.79 Å². The average molecular weight is 514 g/mol. The lowest BCUT2D eigenvalue weighted by Gasteiger charge is -2.22. The Hall–Kier alpha value is -1.34. The van der Waals surface area contributed by atoms with E-state index in [-0.39, 0.29) is 12.1 Å². The summed E-state index contributed by atoms with van der Waals surface area (Å²) in [4.78, 5) is 28.9. The maximum Gasteiger partial charge on any atom is 0.409 e. The minimum absolute atomic E-state index is 0.119. The van der Waals surface area contributed by atoms with Gasteiger partial charge in [-0.3, -0.25) is 4.79 Å². The van der Waals surface area contributed by atoms with Crippen LogP contribution in [0.1, 0.15) is 118 Å². The minimum Gasteiger partial charge on any atom is -0.466 e. The van der Waals surface area contributed by atoms with Gasteiger partial charge in [0.05, 0.1) is 6.61 Å². The van der Waals surface area contributed by atoms with E-state index in [0.717, 1.165) is 71.2 Å². The Labute approximate surface area is 223 Å². The number of unbranched alkanes of at least 4 members (excludes halogenated alkanes) is 10. The number of nitrogens with one attached hydrogen (secondary N) is 1. The molecule has 0 aromatic rings. The van der Waals surface area contributed by atoms with Crippen LogP contribution < -0.4 is 5.32 Å². The van der Waals surface area contributed by atoms with Crippen molar-refractivity contribution in [2.75, 3.05) is 59.0 Å². The predicted molar refractivity (Wildman–Crippen MR) is 151 cm³/mol. The van der Waals surface area contributed by atoms with Crippen molar-refractivity contribution in [3.63, 3.8) is 0 Å². The van der Waals surface area contributed by atoms with Crippen LogP contribution in [-0.4, -0.2) is 80.9 Å². The van der Waals surface area contributed by atoms with Crippen molar-refractivity contribution < 1.29 is 19.1 Å². The standard InChI is InChI=1S/C29H59N3O4/c1-5-9-11-13-14-17-23-32(29(34)36-27-22-30-21-25-31(7-3)8-4)24-18-16-20-28(33)35-26-19-15-12-10-6-2/h30H,5-27H2,1-4H3. The number of likely N-dealkylation sites (N-methyl/N-ethyl adjacent to an activating group) is 1. The minimum atomic E-state index is -0.233. The smallest absolute Gasteiger partial charge is 0.409 e. The quantitative estimate of drug-likeness (QED) is 0.107. The summed E-state index contributed by atoms with van der Waals surface area (Å²) in [6.45, 7) is 15.7. The van der Waals surface area contributed by atoms with Crippen LogP contribution in [0.25, 0.3) is 0 Å². The van der Waals surface area contributed by atoms with Gasteiger partial charge in [0.1, 0.15) is 6.61 Å². The third-order valence-corrected chi connectivity index (χ3v) is 6.61. The van der Waals surface area contributed by atoms with Crippen LogP contribution in [0, 0.1) is 0 Å². The maximum atomic E-state index is 12.7. The van der Waals surface area contributed by atoms with Gasteiger partial charge in [0, 0.05) is 39.1 Å². The van der Waals surface area contributed by atoms with Crippen molar-refractivity contribution in [3.05, 3.63) is 0 Å². The highest BCUT2D eigenvalue weighted by Gasteiger charge is 2.15. The molecule has 0 heterocycles. The fourth-order valence-corrected chi connectivity index (χ4v) is 4.12. The molecular weight excluding hydrogens is 454 g/mol. The number of amides is 1. The molecule has 0 saturated carbocycles. The molecule has 0 bridgehead atoms. The zero-order chi connectivity index (χ0) is 26.7. The first-order valence-electron chi connectivity index (χ1n) is 15.1. The molecule has 0 aliphatic rings. The van der Waals surface area contributed by atoms with E-state index < -0.39 is 0 Å². The van der Waals surface area contributed by atoms with E-state index in [1.807, 2.05) is 4.90 Å². The van der Waals surface area contributed by atoms with E-state index in [2.05, 4.69) is 37.9 Å². The number of carbonyl (C=O) groups excluding carboxylic acids is 2. The first-order valence-corrected chi connectivity index (χ1v) is 15.1. The van der Waals surface area contributed by atoms with Crippen molar-refractivity contribution in [1.29, 1.82) is 0 Å². The Bertz CT molecular complexity index is 501. The molecule has 0 fully saturated rings. The summed E-state index contributed by atoms with van der Waals surface area (Å²) in [7, 11) is 0. The van der Waals surface area contributed by atoms with Gasteiger partial charge in [0.15, 0.2) is 0 Å². The molecule has 0 saturated heterocycles. The molecule has 0 radical (unpaired) electrons. The molecule has 7 nitrogen and oxygen atoms in total. The Kier molecular flexibility index (Phi) is 25.7. The van der Waals surface area contributed by atoms with Crippen LogP contribution in [0.2, 0.25) is 0 Å². The van der Waals surface area contributed by atoms with Gasteiger partial charge in [0.25, 0.3) is 0 Å². The van der Waals surface area contributed by atoms with E-state index in [1.165, 1.54) is 44.9 Å². The number of carbonyl (C=O) groups is 2. The summed E-state index contributed by atoms with van der Waals surface area (Å²) in [5.41, 5.74) is 0. The summed E-state index contributed by atoms with van der Waals surface area (Å²) in [6, 6.07) is 0. The SMILES string of the molecule is CCCCCCCCN(CCCCC(=O)OCCCCCCC)C(=O)OCCNCCN(CC)CC. The molecule has 0 aromatic heterocycles. The van der Waals surface area contributed by atoms with Crippen molar-refractivity contribution in [1.82, 2.24) is 15.1 Å². The van der Waals surface area contributed by atoms with Crippen LogP contribution in [-0.2, 0) is 14.3 Å². The fraction of sp³-hybridized carbons (Fsp3) is 0.931. The van der Waals surface area contributed by atoms with Gasteiger partial charge in [-0.1, -0.05) is 85.5 Å². The number of ether oxygens (including phenoxy) is 2. The van der Waals surface area contributed by atoms with Crippen LogP contribution in [0.5, 0.6) is 0 Å². The van der Waals surface area contributed by atoms with Gasteiger partial charge < -0.3 is 24.6 Å². The van der Waals surface area contributed by atoms with Gasteiger partial charge in [0.2, 0.25) is 0 Å². The third-order valence-electron chi connectivity index (χ3n) is 6.61. The number of esters is 1. The molecule has 1 amide bonds.